The molecule has 0 aliphatic carbocycles. The second-order valence-corrected chi connectivity index (χ2v) is 8.78. The topological polar surface area (TPSA) is 73.9 Å². The zero-order valence-corrected chi connectivity index (χ0v) is 19.2. The number of morpholine rings is 1. The number of nitrogens with zero attached hydrogens (tertiary/aromatic N) is 2. The maximum atomic E-state index is 12.9. The van der Waals surface area contributed by atoms with Crippen LogP contribution in [0.4, 0.5) is 5.69 Å². The number of carbonyl (C=O) groups excluding carboxylic acids is 2. The number of anilines is 1. The maximum Gasteiger partial charge on any atom is 0.237 e. The molecule has 7 heteroatoms. The fraction of sp³-hybridized carbons (Fsp3) is 0.462. The number of likely N-dealkylation sites (tertiary alicyclic amines) is 1. The lowest BCUT2D eigenvalue weighted by molar-refractivity contribution is -0.125. The van der Waals surface area contributed by atoms with Crippen molar-refractivity contribution >= 4 is 17.5 Å². The molecule has 7 nitrogen and oxygen atoms in total. The van der Waals surface area contributed by atoms with Crippen LogP contribution in [0.3, 0.4) is 0 Å². The fourth-order valence-electron chi connectivity index (χ4n) is 4.50. The summed E-state index contributed by atoms with van der Waals surface area (Å²) in [6.45, 7) is 6.17. The first-order valence-corrected chi connectivity index (χ1v) is 11.9. The minimum atomic E-state index is -0.0896. The zero-order valence-electron chi connectivity index (χ0n) is 19.2. The van der Waals surface area contributed by atoms with E-state index < -0.39 is 0 Å². The van der Waals surface area contributed by atoms with Gasteiger partial charge in [-0.15, -0.1) is 0 Å². The van der Waals surface area contributed by atoms with Gasteiger partial charge in [0.15, 0.2) is 0 Å². The van der Waals surface area contributed by atoms with E-state index in [9.17, 15) is 9.59 Å². The molecule has 0 radical (unpaired) electrons. The third kappa shape index (κ3) is 7.12. The first-order chi connectivity index (χ1) is 16.2. The highest BCUT2D eigenvalue weighted by molar-refractivity contribution is 5.90. The number of nitrogens with one attached hydrogen (secondary N) is 2. The van der Waals surface area contributed by atoms with E-state index in [4.69, 9.17) is 4.74 Å². The Morgan fingerprint density at radius 2 is 1.76 bits per heavy atom. The Kier molecular flexibility index (Phi) is 8.47. The van der Waals surface area contributed by atoms with E-state index in [2.05, 4.69) is 32.6 Å². The smallest absolute Gasteiger partial charge is 0.237 e. The summed E-state index contributed by atoms with van der Waals surface area (Å²) in [6.07, 6.45) is 2.38. The van der Waals surface area contributed by atoms with E-state index in [1.165, 1.54) is 5.56 Å². The molecule has 2 aliphatic heterocycles. The molecule has 0 spiro atoms. The van der Waals surface area contributed by atoms with Gasteiger partial charge < -0.3 is 15.4 Å². The molecule has 0 bridgehead atoms. The van der Waals surface area contributed by atoms with Crippen molar-refractivity contribution < 1.29 is 14.3 Å². The molecule has 2 heterocycles. The minimum absolute atomic E-state index is 0.00480. The third-order valence-electron chi connectivity index (χ3n) is 6.33. The Morgan fingerprint density at radius 3 is 2.58 bits per heavy atom. The molecule has 176 valence electrons. The molecule has 2 amide bonds. The first kappa shape index (κ1) is 23.4. The summed E-state index contributed by atoms with van der Waals surface area (Å²) >= 11 is 0. The summed E-state index contributed by atoms with van der Waals surface area (Å²) in [7, 11) is 0. The molecule has 2 aromatic carbocycles. The quantitative estimate of drug-likeness (QED) is 0.615. The van der Waals surface area contributed by atoms with E-state index >= 15 is 0 Å². The van der Waals surface area contributed by atoms with Crippen LogP contribution in [0.1, 0.15) is 30.4 Å². The van der Waals surface area contributed by atoms with Crippen molar-refractivity contribution in [3.63, 3.8) is 0 Å². The number of amides is 2. The molecule has 2 N–H and O–H groups in total. The lowest BCUT2D eigenvalue weighted by Crippen LogP contribution is -2.42. The van der Waals surface area contributed by atoms with Crippen molar-refractivity contribution in [1.82, 2.24) is 15.1 Å². The molecule has 33 heavy (non-hydrogen) atoms. The summed E-state index contributed by atoms with van der Waals surface area (Å²) < 4.78 is 5.35. The normalized spacial score (nSPS) is 19.3. The maximum absolute atomic E-state index is 12.9. The van der Waals surface area contributed by atoms with Gasteiger partial charge >= 0.3 is 0 Å². The molecule has 0 saturated carbocycles. The first-order valence-electron chi connectivity index (χ1n) is 11.9. The van der Waals surface area contributed by atoms with E-state index in [1.54, 1.807) is 0 Å². The predicted molar refractivity (Wildman–Crippen MR) is 129 cm³/mol. The third-order valence-corrected chi connectivity index (χ3v) is 6.33. The highest BCUT2D eigenvalue weighted by atomic mass is 16.5. The highest BCUT2D eigenvalue weighted by Crippen LogP contribution is 2.20. The molecular weight excluding hydrogens is 416 g/mol. The van der Waals surface area contributed by atoms with Gasteiger partial charge in [-0.2, -0.15) is 0 Å². The van der Waals surface area contributed by atoms with Crippen molar-refractivity contribution in [2.45, 2.75) is 38.4 Å². The number of ether oxygens (including phenoxy) is 1. The van der Waals surface area contributed by atoms with E-state index in [-0.39, 0.29) is 17.9 Å². The summed E-state index contributed by atoms with van der Waals surface area (Å²) in [5.41, 5.74) is 2.97. The highest BCUT2D eigenvalue weighted by Gasteiger charge is 2.30. The second-order valence-electron chi connectivity index (χ2n) is 8.78. The van der Waals surface area contributed by atoms with Crippen molar-refractivity contribution in [3.8, 4) is 0 Å². The van der Waals surface area contributed by atoms with E-state index in [0.717, 1.165) is 70.0 Å². The Labute approximate surface area is 196 Å². The monoisotopic (exact) mass is 450 g/mol. The molecule has 2 aromatic rings. The Morgan fingerprint density at radius 1 is 0.970 bits per heavy atom. The second kappa shape index (κ2) is 11.9. The van der Waals surface area contributed by atoms with Gasteiger partial charge in [0.05, 0.1) is 19.3 Å². The van der Waals surface area contributed by atoms with Crippen LogP contribution < -0.4 is 10.6 Å². The van der Waals surface area contributed by atoms with Crippen LogP contribution >= 0.6 is 0 Å². The number of hydrogen-bond acceptors (Lipinski definition) is 5. The van der Waals surface area contributed by atoms with Crippen LogP contribution in [0, 0.1) is 0 Å². The fourth-order valence-corrected chi connectivity index (χ4v) is 4.50. The van der Waals surface area contributed by atoms with Gasteiger partial charge in [0.1, 0.15) is 0 Å². The summed E-state index contributed by atoms with van der Waals surface area (Å²) in [6, 6.07) is 17.9. The summed E-state index contributed by atoms with van der Waals surface area (Å²) in [4.78, 5) is 29.7. The molecule has 2 fully saturated rings. The minimum Gasteiger partial charge on any atom is -0.379 e. The van der Waals surface area contributed by atoms with Crippen LogP contribution in [-0.2, 0) is 27.4 Å². The molecule has 1 unspecified atom stereocenters. The van der Waals surface area contributed by atoms with E-state index in [1.807, 2.05) is 42.5 Å². The number of benzene rings is 2. The average molecular weight is 451 g/mol. The molecule has 1 atom stereocenters. The van der Waals surface area contributed by atoms with Crippen molar-refractivity contribution in [2.75, 3.05) is 44.7 Å². The SMILES string of the molecule is O=C(CCN1CCOCC1)Nc1cccc(CNC(=O)C2CCCN2Cc2ccccc2)c1. The van der Waals surface area contributed by atoms with Gasteiger partial charge in [-0.3, -0.25) is 19.4 Å². The Balaban J connectivity index is 1.24. The van der Waals surface area contributed by atoms with Gasteiger partial charge in [0.25, 0.3) is 0 Å². The number of hydrogen-bond donors (Lipinski definition) is 2. The van der Waals surface area contributed by atoms with Crippen molar-refractivity contribution in [2.24, 2.45) is 0 Å². The predicted octanol–water partition coefficient (Wildman–Crippen LogP) is 2.63. The number of carbonyl (C=O) groups is 2. The lowest BCUT2D eigenvalue weighted by atomic mass is 10.1. The summed E-state index contributed by atoms with van der Waals surface area (Å²) in [5, 5.41) is 6.07. The van der Waals surface area contributed by atoms with Crippen LogP contribution in [0.2, 0.25) is 0 Å². The molecule has 4 rings (SSSR count). The van der Waals surface area contributed by atoms with Gasteiger partial charge in [-0.25, -0.2) is 0 Å². The average Bonchev–Trinajstić information content (AvgIpc) is 3.31. The van der Waals surface area contributed by atoms with Crippen LogP contribution in [0.25, 0.3) is 0 Å². The standard InChI is InChI=1S/C26H34N4O3/c31-25(11-13-29-14-16-33-17-15-29)28-23-9-4-8-22(18-23)19-27-26(32)24-10-5-12-30(24)20-21-6-2-1-3-7-21/h1-4,6-9,18,24H,5,10-17,19-20H2,(H,27,32)(H,28,31). The Hall–Kier alpha value is -2.74. The summed E-state index contributed by atoms with van der Waals surface area (Å²) in [5.74, 6) is 0.0774. The Bertz CT molecular complexity index is 915. The molecule has 0 aromatic heterocycles. The van der Waals surface area contributed by atoms with Crippen molar-refractivity contribution in [3.05, 3.63) is 65.7 Å². The van der Waals surface area contributed by atoms with Gasteiger partial charge in [0, 0.05) is 44.8 Å². The van der Waals surface area contributed by atoms with Crippen LogP contribution in [0.5, 0.6) is 0 Å². The van der Waals surface area contributed by atoms with Crippen LogP contribution in [0.15, 0.2) is 54.6 Å². The largest absolute Gasteiger partial charge is 0.379 e. The lowest BCUT2D eigenvalue weighted by Gasteiger charge is -2.26. The van der Waals surface area contributed by atoms with E-state index in [0.29, 0.717) is 13.0 Å². The van der Waals surface area contributed by atoms with Gasteiger partial charge in [-0.05, 0) is 42.6 Å². The molecule has 2 saturated heterocycles. The zero-order chi connectivity index (χ0) is 22.9. The van der Waals surface area contributed by atoms with Gasteiger partial charge in [0.2, 0.25) is 11.8 Å². The molecule has 2 aliphatic rings. The molecular formula is C26H34N4O3. The van der Waals surface area contributed by atoms with Crippen molar-refractivity contribution in [1.29, 1.82) is 0 Å². The van der Waals surface area contributed by atoms with Crippen LogP contribution in [-0.4, -0.2) is 67.0 Å². The number of rotatable bonds is 9. The van der Waals surface area contributed by atoms with Gasteiger partial charge in [-0.1, -0.05) is 42.5 Å².